The third kappa shape index (κ3) is 4.25. The minimum absolute atomic E-state index is 0.531. The third-order valence-electron chi connectivity index (χ3n) is 0.426. The van der Waals surface area contributed by atoms with Gasteiger partial charge < -0.3 is 0 Å². The summed E-state index contributed by atoms with van der Waals surface area (Å²) < 4.78 is 0. The average molecular weight is 120 g/mol. The van der Waals surface area contributed by atoms with Gasteiger partial charge in [0, 0.05) is 0 Å². The fourth-order valence-electron chi connectivity index (χ4n) is 0.199. The summed E-state index contributed by atoms with van der Waals surface area (Å²) in [5.41, 5.74) is 0. The molecule has 0 atom stereocenters. The molecule has 0 heterocycles. The number of allylic oxidation sites excluding steroid dienone is 1. The molecule has 0 N–H and O–H groups in total. The van der Waals surface area contributed by atoms with E-state index < -0.39 is 8.11 Å². The number of hydrogen-bond donors (Lipinski definition) is 0. The van der Waals surface area contributed by atoms with Gasteiger partial charge >= 0.3 is 0 Å². The normalized spacial score (nSPS) is 9.17. The lowest BCUT2D eigenvalue weighted by atomic mass is 10.8. The molecule has 6 heavy (non-hydrogen) atoms. The van der Waals surface area contributed by atoms with Gasteiger partial charge in [0.25, 0.3) is 0 Å². The summed E-state index contributed by atoms with van der Waals surface area (Å²) in [5.74, 6) is 0. The Kier molecular flexibility index (Phi) is 3.58. The van der Waals surface area contributed by atoms with Crippen molar-refractivity contribution in [2.24, 2.45) is 0 Å². The minimum Gasteiger partial charge on any atom is -0.169 e. The van der Waals surface area contributed by atoms with Crippen LogP contribution in [0.4, 0.5) is 0 Å². The molecule has 0 saturated carbocycles. The molecule has 0 aromatic heterocycles. The number of rotatable bonds is 2. The van der Waals surface area contributed by atoms with E-state index in [1.807, 2.05) is 12.6 Å². The highest BCUT2D eigenvalue weighted by Gasteiger charge is 1.90. The molecule has 0 fully saturated rings. The summed E-state index contributed by atoms with van der Waals surface area (Å²) in [6, 6.07) is 1.01. The quantitative estimate of drug-likeness (QED) is 0.297. The maximum Gasteiger partial charge on any atom is 0.166 e. The molecule has 1 radical (unpaired) electrons. The van der Waals surface area contributed by atoms with E-state index in [1.54, 1.807) is 0 Å². The average Bonchev–Trinajstić information content (AvgIpc) is 1.35. The van der Waals surface area contributed by atoms with Crippen LogP contribution in [0.1, 0.15) is 0 Å². The Bertz CT molecular complexity index is 42.8. The number of halogens is 1. The van der Waals surface area contributed by atoms with E-state index >= 15 is 0 Å². The van der Waals surface area contributed by atoms with Crippen molar-refractivity contribution in [1.82, 2.24) is 0 Å². The second kappa shape index (κ2) is 3.44. The van der Waals surface area contributed by atoms with E-state index in [4.69, 9.17) is 11.1 Å². The molecule has 0 unspecified atom stereocenters. The van der Waals surface area contributed by atoms with E-state index in [1.165, 1.54) is 0 Å². The summed E-state index contributed by atoms with van der Waals surface area (Å²) in [5, 5.41) is 0. The molecule has 0 rings (SSSR count). The van der Waals surface area contributed by atoms with Crippen LogP contribution in [0.5, 0.6) is 0 Å². The van der Waals surface area contributed by atoms with E-state index in [9.17, 15) is 0 Å². The van der Waals surface area contributed by atoms with Gasteiger partial charge in [0.05, 0.1) is 0 Å². The SMILES string of the molecule is C=CC[Si](C)Cl. The molecular formula is C4H8ClSi. The van der Waals surface area contributed by atoms with Crippen molar-refractivity contribution < 1.29 is 0 Å². The maximum absolute atomic E-state index is 5.61. The van der Waals surface area contributed by atoms with Crippen molar-refractivity contribution in [3.05, 3.63) is 12.7 Å². The summed E-state index contributed by atoms with van der Waals surface area (Å²) >= 11 is 5.61. The van der Waals surface area contributed by atoms with Crippen molar-refractivity contribution in [2.45, 2.75) is 12.6 Å². The van der Waals surface area contributed by atoms with Crippen LogP contribution in [0, 0.1) is 0 Å². The van der Waals surface area contributed by atoms with Crippen molar-refractivity contribution in [1.29, 1.82) is 0 Å². The molecule has 0 saturated heterocycles. The zero-order valence-electron chi connectivity index (χ0n) is 3.87. The Labute approximate surface area is 45.1 Å². The Morgan fingerprint density at radius 3 is 2.50 bits per heavy atom. The second-order valence-corrected chi connectivity index (χ2v) is 4.87. The lowest BCUT2D eigenvalue weighted by Gasteiger charge is -1.85. The van der Waals surface area contributed by atoms with Gasteiger partial charge in [0.2, 0.25) is 0 Å². The summed E-state index contributed by atoms with van der Waals surface area (Å²) in [6.07, 6.45) is 1.86. The van der Waals surface area contributed by atoms with Gasteiger partial charge in [-0.3, -0.25) is 0 Å². The summed E-state index contributed by atoms with van der Waals surface area (Å²) in [4.78, 5) is 0. The molecule has 0 bridgehead atoms. The van der Waals surface area contributed by atoms with E-state index in [0.717, 1.165) is 6.04 Å². The van der Waals surface area contributed by atoms with Gasteiger partial charge in [-0.05, 0) is 6.04 Å². The zero-order valence-corrected chi connectivity index (χ0v) is 5.63. The summed E-state index contributed by atoms with van der Waals surface area (Å²) in [7, 11) is -0.531. The molecule has 0 aliphatic heterocycles. The minimum atomic E-state index is -0.531. The van der Waals surface area contributed by atoms with Crippen molar-refractivity contribution in [3.8, 4) is 0 Å². The first-order chi connectivity index (χ1) is 2.77. The Morgan fingerprint density at radius 1 is 2.00 bits per heavy atom. The molecular weight excluding hydrogens is 112 g/mol. The maximum atomic E-state index is 5.61. The van der Waals surface area contributed by atoms with Crippen LogP contribution in [-0.2, 0) is 0 Å². The van der Waals surface area contributed by atoms with Crippen LogP contribution in [-0.4, -0.2) is 8.11 Å². The van der Waals surface area contributed by atoms with Crippen LogP contribution in [0.15, 0.2) is 12.7 Å². The van der Waals surface area contributed by atoms with Gasteiger partial charge in [0.15, 0.2) is 8.11 Å². The molecule has 2 heteroatoms. The summed E-state index contributed by atoms with van der Waals surface area (Å²) in [6.45, 7) is 5.59. The monoisotopic (exact) mass is 119 g/mol. The topological polar surface area (TPSA) is 0 Å². The van der Waals surface area contributed by atoms with Gasteiger partial charge in [-0.1, -0.05) is 12.6 Å². The molecule has 0 aromatic carbocycles. The van der Waals surface area contributed by atoms with Crippen LogP contribution in [0.2, 0.25) is 12.6 Å². The first kappa shape index (κ1) is 6.25. The predicted molar refractivity (Wildman–Crippen MR) is 32.5 cm³/mol. The van der Waals surface area contributed by atoms with Crippen LogP contribution in [0.25, 0.3) is 0 Å². The molecule has 0 aliphatic carbocycles. The van der Waals surface area contributed by atoms with Crippen LogP contribution < -0.4 is 0 Å². The largest absolute Gasteiger partial charge is 0.169 e. The van der Waals surface area contributed by atoms with Crippen molar-refractivity contribution in [3.63, 3.8) is 0 Å². The standard InChI is InChI=1S/C4H8ClSi/c1-3-4-6(2)5/h3H,1,4H2,2H3. The zero-order chi connectivity index (χ0) is 4.99. The Hall–Kier alpha value is 0.247. The van der Waals surface area contributed by atoms with Crippen LogP contribution in [0.3, 0.4) is 0 Å². The highest BCUT2D eigenvalue weighted by Crippen LogP contribution is 1.94. The van der Waals surface area contributed by atoms with E-state index in [2.05, 4.69) is 6.58 Å². The second-order valence-electron chi connectivity index (χ2n) is 1.17. The molecule has 0 nitrogen and oxygen atoms in total. The number of hydrogen-bond acceptors (Lipinski definition) is 0. The molecule has 0 spiro atoms. The third-order valence-corrected chi connectivity index (χ3v) is 1.74. The van der Waals surface area contributed by atoms with Gasteiger partial charge in [0.1, 0.15) is 0 Å². The first-order valence-corrected chi connectivity index (χ1v) is 5.08. The molecule has 35 valence electrons. The fourth-order valence-corrected chi connectivity index (χ4v) is 0.924. The van der Waals surface area contributed by atoms with Gasteiger partial charge in [-0.25, -0.2) is 0 Å². The van der Waals surface area contributed by atoms with E-state index in [-0.39, 0.29) is 0 Å². The van der Waals surface area contributed by atoms with Crippen molar-refractivity contribution in [2.75, 3.05) is 0 Å². The van der Waals surface area contributed by atoms with Crippen molar-refractivity contribution >= 4 is 19.2 Å². The predicted octanol–water partition coefficient (Wildman–Crippen LogP) is 2.03. The lowest BCUT2D eigenvalue weighted by molar-refractivity contribution is 1.69. The fraction of sp³-hybridized carbons (Fsp3) is 0.500. The Balaban J connectivity index is 2.81. The molecule has 0 amide bonds. The van der Waals surface area contributed by atoms with Gasteiger partial charge in [-0.15, -0.1) is 6.58 Å². The first-order valence-electron chi connectivity index (χ1n) is 1.86. The highest BCUT2D eigenvalue weighted by molar-refractivity contribution is 7.06. The van der Waals surface area contributed by atoms with Gasteiger partial charge in [-0.2, -0.15) is 11.1 Å². The molecule has 0 aliphatic rings. The van der Waals surface area contributed by atoms with E-state index in [0.29, 0.717) is 0 Å². The Morgan fingerprint density at radius 2 is 2.50 bits per heavy atom. The smallest absolute Gasteiger partial charge is 0.166 e. The molecule has 0 aromatic rings. The highest BCUT2D eigenvalue weighted by atomic mass is 35.6. The lowest BCUT2D eigenvalue weighted by Crippen LogP contribution is -1.89. The van der Waals surface area contributed by atoms with Crippen LogP contribution >= 0.6 is 11.1 Å².